The molecule has 0 spiro atoms. The fourth-order valence-corrected chi connectivity index (χ4v) is 2.00. The van der Waals surface area contributed by atoms with Gasteiger partial charge in [-0.15, -0.1) is 0 Å². The Morgan fingerprint density at radius 3 is 3.11 bits per heavy atom. The van der Waals surface area contributed by atoms with Gasteiger partial charge in [0.2, 0.25) is 12.7 Å². The Hall–Kier alpha value is -1.75. The van der Waals surface area contributed by atoms with Crippen LogP contribution in [0, 0.1) is 0 Å². The van der Waals surface area contributed by atoms with Crippen molar-refractivity contribution in [3.05, 3.63) is 23.8 Å². The third-order valence-corrected chi connectivity index (χ3v) is 3.02. The van der Waals surface area contributed by atoms with E-state index in [1.165, 1.54) is 0 Å². The minimum atomic E-state index is 0.0390. The summed E-state index contributed by atoms with van der Waals surface area (Å²) in [5.41, 5.74) is 6.58. The van der Waals surface area contributed by atoms with Crippen molar-refractivity contribution in [2.45, 2.75) is 38.8 Å². The number of para-hydroxylation sites is 1. The highest BCUT2D eigenvalue weighted by Gasteiger charge is 2.17. The van der Waals surface area contributed by atoms with Gasteiger partial charge in [-0.05, 0) is 25.8 Å². The van der Waals surface area contributed by atoms with E-state index >= 15 is 0 Å². The third-order valence-electron chi connectivity index (χ3n) is 3.02. The average Bonchev–Trinajstić information content (AvgIpc) is 2.84. The van der Waals surface area contributed by atoms with Crippen molar-refractivity contribution in [2.24, 2.45) is 5.73 Å². The maximum atomic E-state index is 11.7. The zero-order valence-electron chi connectivity index (χ0n) is 11.1. The summed E-state index contributed by atoms with van der Waals surface area (Å²) in [7, 11) is 0. The van der Waals surface area contributed by atoms with Gasteiger partial charge in [0.25, 0.3) is 0 Å². The summed E-state index contributed by atoms with van der Waals surface area (Å²) in [6.45, 7) is 2.65. The number of hydrogen-bond acceptors (Lipinski definition) is 4. The van der Waals surface area contributed by atoms with Gasteiger partial charge in [0, 0.05) is 24.6 Å². The molecular formula is C14H20N2O3. The molecule has 1 aliphatic heterocycles. The highest BCUT2D eigenvalue weighted by Crippen LogP contribution is 2.35. The van der Waals surface area contributed by atoms with E-state index in [2.05, 4.69) is 5.32 Å². The molecule has 1 aromatic carbocycles. The quantitative estimate of drug-likeness (QED) is 0.817. The standard InChI is InChI=1S/C14H20N2O3/c1-10(15)4-2-7-13(17)16-8-11-5-3-6-12-14(11)19-9-18-12/h3,5-6,10H,2,4,7-9,15H2,1H3,(H,16,17). The molecule has 1 aliphatic rings. The number of hydrogen-bond donors (Lipinski definition) is 2. The summed E-state index contributed by atoms with van der Waals surface area (Å²) in [5.74, 6) is 1.51. The van der Waals surface area contributed by atoms with Crippen molar-refractivity contribution in [1.29, 1.82) is 0 Å². The first-order chi connectivity index (χ1) is 9.16. The van der Waals surface area contributed by atoms with Gasteiger partial charge in [-0.2, -0.15) is 0 Å². The normalized spacial score (nSPS) is 14.2. The number of ether oxygens (including phenoxy) is 2. The van der Waals surface area contributed by atoms with E-state index in [0.29, 0.717) is 13.0 Å². The molecule has 3 N–H and O–H groups in total. The molecule has 5 heteroatoms. The minimum absolute atomic E-state index is 0.0390. The molecule has 0 bridgehead atoms. The predicted octanol–water partition coefficient (Wildman–Crippen LogP) is 1.55. The van der Waals surface area contributed by atoms with E-state index in [1.54, 1.807) is 0 Å². The number of carbonyl (C=O) groups is 1. The molecule has 0 aliphatic carbocycles. The molecule has 0 saturated carbocycles. The van der Waals surface area contributed by atoms with Crippen molar-refractivity contribution < 1.29 is 14.3 Å². The van der Waals surface area contributed by atoms with E-state index in [9.17, 15) is 4.79 Å². The van der Waals surface area contributed by atoms with Crippen LogP contribution in [0.25, 0.3) is 0 Å². The van der Waals surface area contributed by atoms with Crippen LogP contribution >= 0.6 is 0 Å². The average molecular weight is 264 g/mol. The SMILES string of the molecule is CC(N)CCCC(=O)NCc1cccc2c1OCO2. The second-order valence-corrected chi connectivity index (χ2v) is 4.80. The number of carbonyl (C=O) groups excluding carboxylic acids is 1. The zero-order chi connectivity index (χ0) is 13.7. The van der Waals surface area contributed by atoms with Gasteiger partial charge in [0.15, 0.2) is 11.5 Å². The summed E-state index contributed by atoms with van der Waals surface area (Å²) in [6.07, 6.45) is 2.19. The van der Waals surface area contributed by atoms with Crippen LogP contribution in [-0.4, -0.2) is 18.7 Å². The van der Waals surface area contributed by atoms with Gasteiger partial charge in [-0.1, -0.05) is 12.1 Å². The molecule has 19 heavy (non-hydrogen) atoms. The summed E-state index contributed by atoms with van der Waals surface area (Å²) in [6, 6.07) is 5.83. The van der Waals surface area contributed by atoms with Crippen molar-refractivity contribution in [3.8, 4) is 11.5 Å². The van der Waals surface area contributed by atoms with Gasteiger partial charge < -0.3 is 20.5 Å². The van der Waals surface area contributed by atoms with E-state index in [1.807, 2.05) is 25.1 Å². The molecule has 1 amide bonds. The molecule has 1 unspecified atom stereocenters. The van der Waals surface area contributed by atoms with Gasteiger partial charge in [-0.25, -0.2) is 0 Å². The number of benzene rings is 1. The number of fused-ring (bicyclic) bond motifs is 1. The number of amides is 1. The molecule has 104 valence electrons. The van der Waals surface area contributed by atoms with Crippen LogP contribution in [0.15, 0.2) is 18.2 Å². The Kier molecular flexibility index (Phi) is 4.63. The van der Waals surface area contributed by atoms with Crippen molar-refractivity contribution in [3.63, 3.8) is 0 Å². The van der Waals surface area contributed by atoms with Crippen LogP contribution in [0.1, 0.15) is 31.7 Å². The van der Waals surface area contributed by atoms with Crippen molar-refractivity contribution in [2.75, 3.05) is 6.79 Å². The first kappa shape index (κ1) is 13.7. The van der Waals surface area contributed by atoms with Gasteiger partial charge in [-0.3, -0.25) is 4.79 Å². The fourth-order valence-electron chi connectivity index (χ4n) is 2.00. The first-order valence-electron chi connectivity index (χ1n) is 6.56. The largest absolute Gasteiger partial charge is 0.454 e. The van der Waals surface area contributed by atoms with E-state index in [-0.39, 0.29) is 18.7 Å². The van der Waals surface area contributed by atoms with Crippen LogP contribution < -0.4 is 20.5 Å². The third kappa shape index (κ3) is 3.86. The summed E-state index contributed by atoms with van der Waals surface area (Å²) in [5, 5.41) is 2.89. The Morgan fingerprint density at radius 1 is 1.47 bits per heavy atom. The van der Waals surface area contributed by atoms with Gasteiger partial charge in [0.05, 0.1) is 0 Å². The zero-order valence-corrected chi connectivity index (χ0v) is 11.1. The first-order valence-corrected chi connectivity index (χ1v) is 6.56. The lowest BCUT2D eigenvalue weighted by Crippen LogP contribution is -2.23. The second-order valence-electron chi connectivity index (χ2n) is 4.80. The lowest BCUT2D eigenvalue weighted by atomic mass is 10.1. The number of nitrogens with two attached hydrogens (primary N) is 1. The van der Waals surface area contributed by atoms with E-state index in [0.717, 1.165) is 29.9 Å². The number of rotatable bonds is 6. The van der Waals surface area contributed by atoms with E-state index < -0.39 is 0 Å². The highest BCUT2D eigenvalue weighted by molar-refractivity contribution is 5.76. The molecule has 2 rings (SSSR count). The smallest absolute Gasteiger partial charge is 0.231 e. The second kappa shape index (κ2) is 6.43. The molecule has 0 aromatic heterocycles. The molecular weight excluding hydrogens is 244 g/mol. The lowest BCUT2D eigenvalue weighted by Gasteiger charge is -2.08. The van der Waals surface area contributed by atoms with Crippen LogP contribution in [0.3, 0.4) is 0 Å². The molecule has 1 heterocycles. The molecule has 1 aromatic rings. The van der Waals surface area contributed by atoms with E-state index in [4.69, 9.17) is 15.2 Å². The van der Waals surface area contributed by atoms with Crippen LogP contribution in [-0.2, 0) is 11.3 Å². The summed E-state index contributed by atoms with van der Waals surface area (Å²) < 4.78 is 10.7. The van der Waals surface area contributed by atoms with Gasteiger partial charge in [0.1, 0.15) is 0 Å². The Morgan fingerprint density at radius 2 is 2.32 bits per heavy atom. The Bertz CT molecular complexity index is 446. The lowest BCUT2D eigenvalue weighted by molar-refractivity contribution is -0.121. The maximum absolute atomic E-state index is 11.7. The fraction of sp³-hybridized carbons (Fsp3) is 0.500. The summed E-state index contributed by atoms with van der Waals surface area (Å²) >= 11 is 0. The van der Waals surface area contributed by atoms with Gasteiger partial charge >= 0.3 is 0 Å². The molecule has 0 fully saturated rings. The monoisotopic (exact) mass is 264 g/mol. The van der Waals surface area contributed by atoms with Crippen LogP contribution in [0.5, 0.6) is 11.5 Å². The minimum Gasteiger partial charge on any atom is -0.454 e. The maximum Gasteiger partial charge on any atom is 0.231 e. The Labute approximate surface area is 113 Å². The predicted molar refractivity (Wildman–Crippen MR) is 71.9 cm³/mol. The highest BCUT2D eigenvalue weighted by atomic mass is 16.7. The van der Waals surface area contributed by atoms with Crippen LogP contribution in [0.4, 0.5) is 0 Å². The van der Waals surface area contributed by atoms with Crippen LogP contribution in [0.2, 0.25) is 0 Å². The molecule has 5 nitrogen and oxygen atoms in total. The van der Waals surface area contributed by atoms with Crippen molar-refractivity contribution >= 4 is 5.91 Å². The Balaban J connectivity index is 1.79. The molecule has 0 radical (unpaired) electrons. The number of nitrogens with one attached hydrogen (secondary N) is 1. The topological polar surface area (TPSA) is 73.6 Å². The summed E-state index contributed by atoms with van der Waals surface area (Å²) in [4.78, 5) is 11.7. The molecule has 0 saturated heterocycles. The van der Waals surface area contributed by atoms with Crippen molar-refractivity contribution in [1.82, 2.24) is 5.32 Å². The molecule has 1 atom stereocenters.